The van der Waals surface area contributed by atoms with Crippen LogP contribution >= 0.6 is 0 Å². The summed E-state index contributed by atoms with van der Waals surface area (Å²) in [6.07, 6.45) is 0.531. The van der Waals surface area contributed by atoms with Gasteiger partial charge in [-0.25, -0.2) is 0 Å². The number of carbonyl (C=O) groups excluding carboxylic acids is 1. The molecule has 1 saturated heterocycles. The van der Waals surface area contributed by atoms with E-state index in [-0.39, 0.29) is 0 Å². The van der Waals surface area contributed by atoms with Crippen LogP contribution in [0.25, 0.3) is 0 Å². The van der Waals surface area contributed by atoms with Crippen LogP contribution in [0, 0.1) is 5.92 Å². The lowest BCUT2D eigenvalue weighted by Crippen LogP contribution is -2.39. The number of rotatable bonds is 2. The van der Waals surface area contributed by atoms with Crippen molar-refractivity contribution in [3.63, 3.8) is 0 Å². The van der Waals surface area contributed by atoms with Crippen molar-refractivity contribution in [3.8, 4) is 0 Å². The topological polar surface area (TPSA) is 75.6 Å². The Balaban J connectivity index is 2.63. The van der Waals surface area contributed by atoms with Gasteiger partial charge in [-0.3, -0.25) is 9.59 Å². The Morgan fingerprint density at radius 2 is 2.25 bits per heavy atom. The van der Waals surface area contributed by atoms with E-state index >= 15 is 0 Å². The van der Waals surface area contributed by atoms with E-state index in [1.165, 1.54) is 7.11 Å². The van der Waals surface area contributed by atoms with Gasteiger partial charge in [0.25, 0.3) is 0 Å². The van der Waals surface area contributed by atoms with Gasteiger partial charge >= 0.3 is 11.9 Å². The SMILES string of the molecule is COC(=O)C1CCNC1C(=O)O. The molecule has 2 N–H and O–H groups in total. The molecule has 1 rings (SSSR count). The third kappa shape index (κ3) is 1.55. The monoisotopic (exact) mass is 173 g/mol. The number of methoxy groups -OCH3 is 1. The minimum Gasteiger partial charge on any atom is -0.480 e. The highest BCUT2D eigenvalue weighted by Gasteiger charge is 2.38. The molecule has 12 heavy (non-hydrogen) atoms. The number of carboxylic acid groups (broad SMARTS) is 1. The molecule has 0 radical (unpaired) electrons. The third-order valence-corrected chi connectivity index (χ3v) is 1.99. The maximum absolute atomic E-state index is 11.0. The molecule has 5 nitrogen and oxygen atoms in total. The van der Waals surface area contributed by atoms with Crippen LogP contribution < -0.4 is 5.32 Å². The lowest BCUT2D eigenvalue weighted by molar-refractivity contribution is -0.151. The second-order valence-corrected chi connectivity index (χ2v) is 2.69. The van der Waals surface area contributed by atoms with Crippen LogP contribution in [0.2, 0.25) is 0 Å². The van der Waals surface area contributed by atoms with Crippen molar-refractivity contribution in [2.24, 2.45) is 5.92 Å². The van der Waals surface area contributed by atoms with E-state index in [4.69, 9.17) is 5.11 Å². The van der Waals surface area contributed by atoms with Gasteiger partial charge in [-0.15, -0.1) is 0 Å². The number of ether oxygens (including phenoxy) is 1. The Labute approximate surface area is 69.7 Å². The fraction of sp³-hybridized carbons (Fsp3) is 0.714. The van der Waals surface area contributed by atoms with Gasteiger partial charge in [0.05, 0.1) is 13.0 Å². The summed E-state index contributed by atoms with van der Waals surface area (Å²) in [5.74, 6) is -1.98. The van der Waals surface area contributed by atoms with Crippen molar-refractivity contribution in [3.05, 3.63) is 0 Å². The molecule has 0 aromatic carbocycles. The number of hydrogen-bond acceptors (Lipinski definition) is 4. The molecule has 0 aliphatic carbocycles. The standard InChI is InChI=1S/C7H11NO4/c1-12-7(11)4-2-3-8-5(4)6(9)10/h4-5,8H,2-3H2,1H3,(H,9,10). The summed E-state index contributed by atoms with van der Waals surface area (Å²) in [5.41, 5.74) is 0. The summed E-state index contributed by atoms with van der Waals surface area (Å²) in [7, 11) is 1.26. The molecule has 1 fully saturated rings. The van der Waals surface area contributed by atoms with E-state index in [1.54, 1.807) is 0 Å². The normalized spacial score (nSPS) is 28.4. The average molecular weight is 173 g/mol. The molecule has 1 aliphatic heterocycles. The highest BCUT2D eigenvalue weighted by atomic mass is 16.5. The van der Waals surface area contributed by atoms with E-state index in [2.05, 4.69) is 10.1 Å². The van der Waals surface area contributed by atoms with Crippen LogP contribution in [-0.4, -0.2) is 36.7 Å². The Morgan fingerprint density at radius 1 is 1.58 bits per heavy atom. The summed E-state index contributed by atoms with van der Waals surface area (Å²) in [6, 6.07) is -0.780. The molecule has 1 aliphatic rings. The highest BCUT2D eigenvalue weighted by molar-refractivity contribution is 5.84. The molecule has 0 saturated carbocycles. The molecule has 68 valence electrons. The Bertz CT molecular complexity index is 204. The van der Waals surface area contributed by atoms with Crippen molar-refractivity contribution in [2.75, 3.05) is 13.7 Å². The predicted octanol–water partition coefficient (Wildman–Crippen LogP) is -0.778. The maximum Gasteiger partial charge on any atom is 0.321 e. The van der Waals surface area contributed by atoms with Gasteiger partial charge in [-0.05, 0) is 13.0 Å². The van der Waals surface area contributed by atoms with Crippen LogP contribution in [-0.2, 0) is 14.3 Å². The number of carbonyl (C=O) groups is 2. The van der Waals surface area contributed by atoms with Gasteiger partial charge < -0.3 is 15.2 Å². The van der Waals surface area contributed by atoms with E-state index in [9.17, 15) is 9.59 Å². The summed E-state index contributed by atoms with van der Waals surface area (Å²) >= 11 is 0. The van der Waals surface area contributed by atoms with Gasteiger partial charge in [0, 0.05) is 0 Å². The summed E-state index contributed by atoms with van der Waals surface area (Å²) in [6.45, 7) is 0.552. The van der Waals surface area contributed by atoms with E-state index in [0.29, 0.717) is 13.0 Å². The number of aliphatic carboxylic acids is 1. The predicted molar refractivity (Wildman–Crippen MR) is 39.5 cm³/mol. The second-order valence-electron chi connectivity index (χ2n) is 2.69. The highest BCUT2D eigenvalue weighted by Crippen LogP contribution is 2.16. The van der Waals surface area contributed by atoms with Gasteiger partial charge in [0.1, 0.15) is 6.04 Å². The molecular weight excluding hydrogens is 162 g/mol. The Kier molecular flexibility index (Phi) is 2.65. The van der Waals surface area contributed by atoms with E-state index in [0.717, 1.165) is 0 Å². The zero-order valence-electron chi connectivity index (χ0n) is 6.74. The molecule has 0 aromatic heterocycles. The first kappa shape index (κ1) is 8.99. The van der Waals surface area contributed by atoms with Gasteiger partial charge in [-0.2, -0.15) is 0 Å². The third-order valence-electron chi connectivity index (χ3n) is 1.99. The Morgan fingerprint density at radius 3 is 2.75 bits per heavy atom. The fourth-order valence-electron chi connectivity index (χ4n) is 1.37. The first-order valence-corrected chi connectivity index (χ1v) is 3.71. The quantitative estimate of drug-likeness (QED) is 0.536. The smallest absolute Gasteiger partial charge is 0.321 e. The van der Waals surface area contributed by atoms with Crippen molar-refractivity contribution in [1.82, 2.24) is 5.32 Å². The van der Waals surface area contributed by atoms with Crippen LogP contribution in [0.4, 0.5) is 0 Å². The molecule has 0 bridgehead atoms. The molecule has 5 heteroatoms. The number of hydrogen-bond donors (Lipinski definition) is 2. The molecular formula is C7H11NO4. The molecule has 0 aromatic rings. The molecule has 1 heterocycles. The second kappa shape index (κ2) is 3.53. The summed E-state index contributed by atoms with van der Waals surface area (Å²) in [5, 5.41) is 11.4. The number of esters is 1. The molecule has 2 atom stereocenters. The van der Waals surface area contributed by atoms with Crippen molar-refractivity contribution in [1.29, 1.82) is 0 Å². The van der Waals surface area contributed by atoms with Crippen LogP contribution in [0.3, 0.4) is 0 Å². The van der Waals surface area contributed by atoms with Crippen molar-refractivity contribution < 1.29 is 19.4 Å². The number of carboxylic acids is 1. The number of nitrogens with one attached hydrogen (secondary N) is 1. The van der Waals surface area contributed by atoms with Crippen LogP contribution in [0.1, 0.15) is 6.42 Å². The van der Waals surface area contributed by atoms with E-state index in [1.807, 2.05) is 0 Å². The largest absolute Gasteiger partial charge is 0.480 e. The van der Waals surface area contributed by atoms with Crippen molar-refractivity contribution >= 4 is 11.9 Å². The maximum atomic E-state index is 11.0. The van der Waals surface area contributed by atoms with Gasteiger partial charge in [-0.1, -0.05) is 0 Å². The minimum absolute atomic E-state index is 0.451. The van der Waals surface area contributed by atoms with Crippen LogP contribution in [0.5, 0.6) is 0 Å². The minimum atomic E-state index is -0.997. The lowest BCUT2D eigenvalue weighted by atomic mass is 10.0. The average Bonchev–Trinajstić information content (AvgIpc) is 2.50. The molecule has 0 amide bonds. The zero-order valence-corrected chi connectivity index (χ0v) is 6.74. The summed E-state index contributed by atoms with van der Waals surface area (Å²) in [4.78, 5) is 21.6. The lowest BCUT2D eigenvalue weighted by Gasteiger charge is -2.11. The fourth-order valence-corrected chi connectivity index (χ4v) is 1.37. The molecule has 0 spiro atoms. The van der Waals surface area contributed by atoms with Crippen LogP contribution in [0.15, 0.2) is 0 Å². The first-order chi connectivity index (χ1) is 5.66. The first-order valence-electron chi connectivity index (χ1n) is 3.71. The van der Waals surface area contributed by atoms with Crippen molar-refractivity contribution in [2.45, 2.75) is 12.5 Å². The Hall–Kier alpha value is -1.10. The molecule has 2 unspecified atom stereocenters. The summed E-state index contributed by atoms with van der Waals surface area (Å²) < 4.78 is 4.47. The zero-order chi connectivity index (χ0) is 9.14. The van der Waals surface area contributed by atoms with Gasteiger partial charge in [0.15, 0.2) is 0 Å². The van der Waals surface area contributed by atoms with E-state index < -0.39 is 23.9 Å². The van der Waals surface area contributed by atoms with Gasteiger partial charge in [0.2, 0.25) is 0 Å².